The smallest absolute Gasteiger partial charge is 0.262 e. The van der Waals surface area contributed by atoms with Crippen LogP contribution in [0.25, 0.3) is 0 Å². The van der Waals surface area contributed by atoms with Gasteiger partial charge in [0.15, 0.2) is 11.5 Å². The quantitative estimate of drug-likeness (QED) is 0.903. The van der Waals surface area contributed by atoms with Crippen molar-refractivity contribution in [2.45, 2.75) is 4.90 Å². The molecular weight excluding hydrogens is 333 g/mol. The average Bonchev–Trinajstić information content (AvgIpc) is 2.49. The fourth-order valence-corrected chi connectivity index (χ4v) is 3.01. The van der Waals surface area contributed by atoms with Crippen molar-refractivity contribution in [3.05, 3.63) is 47.2 Å². The molecule has 0 fully saturated rings. The predicted molar refractivity (Wildman–Crippen MR) is 81.8 cm³/mol. The molecule has 118 valence electrons. The van der Waals surface area contributed by atoms with E-state index < -0.39 is 15.8 Å². The lowest BCUT2D eigenvalue weighted by atomic mass is 10.3. The molecule has 0 aliphatic heterocycles. The molecule has 2 aromatic carbocycles. The van der Waals surface area contributed by atoms with Gasteiger partial charge in [-0.15, -0.1) is 0 Å². The molecular formula is C14H13ClFNO4S. The molecule has 0 saturated heterocycles. The molecule has 0 spiro atoms. The number of hydrogen-bond donors (Lipinski definition) is 1. The Bertz CT molecular complexity index is 795. The van der Waals surface area contributed by atoms with Crippen molar-refractivity contribution in [2.24, 2.45) is 0 Å². The third-order valence-electron chi connectivity index (χ3n) is 2.84. The summed E-state index contributed by atoms with van der Waals surface area (Å²) in [5.41, 5.74) is -0.234. The van der Waals surface area contributed by atoms with Gasteiger partial charge in [0.05, 0.1) is 24.8 Å². The van der Waals surface area contributed by atoms with E-state index in [0.717, 1.165) is 6.07 Å². The first-order chi connectivity index (χ1) is 10.4. The van der Waals surface area contributed by atoms with Crippen LogP contribution >= 0.6 is 11.6 Å². The van der Waals surface area contributed by atoms with Crippen molar-refractivity contribution >= 4 is 27.3 Å². The van der Waals surface area contributed by atoms with Crippen LogP contribution in [0.15, 0.2) is 41.3 Å². The van der Waals surface area contributed by atoms with Gasteiger partial charge in [0, 0.05) is 11.1 Å². The van der Waals surface area contributed by atoms with Gasteiger partial charge in [-0.25, -0.2) is 12.8 Å². The zero-order valence-corrected chi connectivity index (χ0v) is 13.3. The Morgan fingerprint density at radius 3 is 2.36 bits per heavy atom. The first-order valence-electron chi connectivity index (χ1n) is 6.07. The van der Waals surface area contributed by atoms with Crippen molar-refractivity contribution in [1.82, 2.24) is 0 Å². The number of hydrogen-bond acceptors (Lipinski definition) is 4. The minimum absolute atomic E-state index is 0.0930. The first-order valence-corrected chi connectivity index (χ1v) is 7.93. The summed E-state index contributed by atoms with van der Waals surface area (Å²) in [6.45, 7) is 0. The van der Waals surface area contributed by atoms with Crippen molar-refractivity contribution in [3.8, 4) is 11.5 Å². The van der Waals surface area contributed by atoms with Gasteiger partial charge in [-0.05, 0) is 30.3 Å². The van der Waals surface area contributed by atoms with E-state index in [9.17, 15) is 12.8 Å². The molecule has 0 atom stereocenters. The van der Waals surface area contributed by atoms with Gasteiger partial charge >= 0.3 is 0 Å². The third kappa shape index (κ3) is 3.42. The molecule has 1 N–H and O–H groups in total. The molecule has 0 saturated carbocycles. The Labute approximate surface area is 132 Å². The van der Waals surface area contributed by atoms with Gasteiger partial charge in [-0.1, -0.05) is 11.6 Å². The lowest BCUT2D eigenvalue weighted by molar-refractivity contribution is 0.354. The van der Waals surface area contributed by atoms with E-state index in [2.05, 4.69) is 4.72 Å². The normalized spacial score (nSPS) is 11.1. The average molecular weight is 346 g/mol. The summed E-state index contributed by atoms with van der Waals surface area (Å²) in [4.78, 5) is -0.0930. The Hall–Kier alpha value is -1.99. The summed E-state index contributed by atoms with van der Waals surface area (Å²) in [5, 5.41) is 0.214. The molecule has 5 nitrogen and oxygen atoms in total. The maximum Gasteiger partial charge on any atom is 0.262 e. The summed E-state index contributed by atoms with van der Waals surface area (Å²) in [6, 6.07) is 7.65. The number of rotatable bonds is 5. The highest BCUT2D eigenvalue weighted by Crippen LogP contribution is 2.30. The van der Waals surface area contributed by atoms with E-state index in [0.29, 0.717) is 5.75 Å². The maximum atomic E-state index is 13.6. The molecule has 0 bridgehead atoms. The standard InChI is InChI=1S/C14H13ClFNO4S/c1-20-13-6-4-10(8-14(13)21-2)22(18,19)17-12-7-9(15)3-5-11(12)16/h3-8,17H,1-2H3. The van der Waals surface area contributed by atoms with E-state index in [1.54, 1.807) is 0 Å². The van der Waals surface area contributed by atoms with Crippen LogP contribution in [0.4, 0.5) is 10.1 Å². The van der Waals surface area contributed by atoms with Crippen LogP contribution in [0.2, 0.25) is 5.02 Å². The zero-order chi connectivity index (χ0) is 16.3. The zero-order valence-electron chi connectivity index (χ0n) is 11.8. The number of sulfonamides is 1. The third-order valence-corrected chi connectivity index (χ3v) is 4.44. The Morgan fingerprint density at radius 1 is 1.05 bits per heavy atom. The van der Waals surface area contributed by atoms with E-state index in [1.165, 1.54) is 44.6 Å². The summed E-state index contributed by atoms with van der Waals surface area (Å²) in [6.07, 6.45) is 0. The molecule has 0 amide bonds. The molecule has 8 heteroatoms. The van der Waals surface area contributed by atoms with Gasteiger partial charge in [-0.3, -0.25) is 4.72 Å². The molecule has 2 aromatic rings. The summed E-state index contributed by atoms with van der Waals surface area (Å²) >= 11 is 5.74. The van der Waals surface area contributed by atoms with Crippen molar-refractivity contribution in [3.63, 3.8) is 0 Å². The molecule has 0 radical (unpaired) electrons. The van der Waals surface area contributed by atoms with Crippen molar-refractivity contribution in [2.75, 3.05) is 18.9 Å². The van der Waals surface area contributed by atoms with Crippen LogP contribution in [-0.2, 0) is 10.0 Å². The molecule has 2 rings (SSSR count). The molecule has 0 unspecified atom stereocenters. The van der Waals surface area contributed by atoms with Crippen LogP contribution < -0.4 is 14.2 Å². The maximum absolute atomic E-state index is 13.6. The van der Waals surface area contributed by atoms with E-state index in [-0.39, 0.29) is 21.4 Å². The molecule has 0 aliphatic rings. The van der Waals surface area contributed by atoms with Gasteiger partial charge in [0.2, 0.25) is 0 Å². The topological polar surface area (TPSA) is 64.6 Å². The summed E-state index contributed by atoms with van der Waals surface area (Å²) < 4.78 is 50.5. The highest BCUT2D eigenvalue weighted by atomic mass is 35.5. The van der Waals surface area contributed by atoms with E-state index >= 15 is 0 Å². The Kier molecular flexibility index (Phi) is 4.77. The van der Waals surface area contributed by atoms with Crippen LogP contribution in [0, 0.1) is 5.82 Å². The molecule has 0 aliphatic carbocycles. The van der Waals surface area contributed by atoms with Gasteiger partial charge in [-0.2, -0.15) is 0 Å². The summed E-state index contributed by atoms with van der Waals surface area (Å²) in [5.74, 6) is -0.0965. The van der Waals surface area contributed by atoms with Crippen LogP contribution in [0.1, 0.15) is 0 Å². The SMILES string of the molecule is COc1ccc(S(=O)(=O)Nc2cc(Cl)ccc2F)cc1OC. The Morgan fingerprint density at radius 2 is 1.73 bits per heavy atom. The first kappa shape index (κ1) is 16.4. The van der Waals surface area contributed by atoms with Gasteiger partial charge < -0.3 is 9.47 Å². The molecule has 0 aromatic heterocycles. The number of benzene rings is 2. The minimum Gasteiger partial charge on any atom is -0.493 e. The second kappa shape index (κ2) is 6.41. The highest BCUT2D eigenvalue weighted by Gasteiger charge is 2.19. The van der Waals surface area contributed by atoms with E-state index in [4.69, 9.17) is 21.1 Å². The van der Waals surface area contributed by atoms with Crippen molar-refractivity contribution in [1.29, 1.82) is 0 Å². The minimum atomic E-state index is -3.99. The number of ether oxygens (including phenoxy) is 2. The number of methoxy groups -OCH3 is 2. The van der Waals surface area contributed by atoms with Gasteiger partial charge in [0.25, 0.3) is 10.0 Å². The van der Waals surface area contributed by atoms with Crippen LogP contribution in [0.5, 0.6) is 11.5 Å². The number of anilines is 1. The second-order valence-corrected chi connectivity index (χ2v) is 6.37. The fourth-order valence-electron chi connectivity index (χ4n) is 1.76. The summed E-state index contributed by atoms with van der Waals surface area (Å²) in [7, 11) is -1.17. The number of nitrogens with one attached hydrogen (secondary N) is 1. The Balaban J connectivity index is 2.40. The molecule has 22 heavy (non-hydrogen) atoms. The lowest BCUT2D eigenvalue weighted by Gasteiger charge is -2.12. The van der Waals surface area contributed by atoms with Crippen molar-refractivity contribution < 1.29 is 22.3 Å². The highest BCUT2D eigenvalue weighted by molar-refractivity contribution is 7.92. The lowest BCUT2D eigenvalue weighted by Crippen LogP contribution is -2.14. The monoisotopic (exact) mass is 345 g/mol. The van der Waals surface area contributed by atoms with Crippen LogP contribution in [-0.4, -0.2) is 22.6 Å². The number of halogens is 2. The second-order valence-electron chi connectivity index (χ2n) is 4.25. The predicted octanol–water partition coefficient (Wildman–Crippen LogP) is 3.30. The van der Waals surface area contributed by atoms with Crippen LogP contribution in [0.3, 0.4) is 0 Å². The molecule has 0 heterocycles. The largest absolute Gasteiger partial charge is 0.493 e. The van der Waals surface area contributed by atoms with E-state index in [1.807, 2.05) is 0 Å². The fraction of sp³-hybridized carbons (Fsp3) is 0.143. The van der Waals surface area contributed by atoms with Gasteiger partial charge in [0.1, 0.15) is 5.82 Å².